The minimum Gasteiger partial charge on any atom is -0.500 e. The van der Waals surface area contributed by atoms with Crippen LogP contribution in [-0.2, 0) is 25.5 Å². The van der Waals surface area contributed by atoms with E-state index in [0.29, 0.717) is 0 Å². The summed E-state index contributed by atoms with van der Waals surface area (Å²) in [6.45, 7) is 21.8. The second-order valence-corrected chi connectivity index (χ2v) is 16.1. The average molecular weight is 877 g/mol. The van der Waals surface area contributed by atoms with E-state index in [4.69, 9.17) is 9.40 Å². The molecule has 0 fully saturated rings. The summed E-state index contributed by atoms with van der Waals surface area (Å²) in [4.78, 5) is 10.7. The number of nitrogens with zero attached hydrogens (tertiary/aromatic N) is 2. The first kappa shape index (κ1) is 37.3. The third-order valence-corrected chi connectivity index (χ3v) is 11.2. The summed E-state index contributed by atoms with van der Waals surface area (Å²) in [7, 11) is 0. The number of benzene rings is 4. The molecule has 0 saturated carbocycles. The molecular formula is C47H44IrN2OS-2. The number of fused-ring (bicyclic) bond motifs is 5. The molecule has 52 heavy (non-hydrogen) atoms. The number of aromatic nitrogens is 2. The maximum Gasteiger partial charge on any atom is 0.129 e. The molecule has 5 heteroatoms. The van der Waals surface area contributed by atoms with Crippen LogP contribution >= 0.6 is 11.3 Å². The molecule has 265 valence electrons. The van der Waals surface area contributed by atoms with E-state index in [1.54, 1.807) is 0 Å². The number of hydrogen-bond donors (Lipinski definition) is 0. The zero-order valence-electron chi connectivity index (χ0n) is 31.6. The zero-order chi connectivity index (χ0) is 36.2. The maximum absolute atomic E-state index is 6.67. The maximum atomic E-state index is 6.67. The number of thiophene rings is 1. The van der Waals surface area contributed by atoms with E-state index in [2.05, 4.69) is 153 Å². The first-order valence-electron chi connectivity index (χ1n) is 17.6. The Balaban J connectivity index is 0.000000244. The van der Waals surface area contributed by atoms with E-state index in [9.17, 15) is 0 Å². The summed E-state index contributed by atoms with van der Waals surface area (Å²) >= 11 is 1.83. The van der Waals surface area contributed by atoms with Gasteiger partial charge in [-0.05, 0) is 103 Å². The van der Waals surface area contributed by atoms with E-state index < -0.39 is 0 Å². The van der Waals surface area contributed by atoms with Crippen LogP contribution < -0.4 is 0 Å². The predicted molar refractivity (Wildman–Crippen MR) is 217 cm³/mol. The number of aryl methyl sites for hydroxylation is 7. The fraction of sp³-hybridized carbons (Fsp3) is 0.234. The fourth-order valence-electron chi connectivity index (χ4n) is 6.90. The smallest absolute Gasteiger partial charge is 0.129 e. The van der Waals surface area contributed by atoms with Crippen LogP contribution in [0.2, 0.25) is 0 Å². The van der Waals surface area contributed by atoms with Gasteiger partial charge in [0, 0.05) is 52.8 Å². The topological polar surface area (TPSA) is 38.9 Å². The molecule has 8 aromatic rings. The van der Waals surface area contributed by atoms with Gasteiger partial charge in [-0.15, -0.1) is 64.9 Å². The Bertz CT molecular complexity index is 2560. The molecule has 0 aliphatic carbocycles. The van der Waals surface area contributed by atoms with Gasteiger partial charge >= 0.3 is 0 Å². The van der Waals surface area contributed by atoms with Crippen molar-refractivity contribution < 1.29 is 24.5 Å². The number of furan rings is 1. The summed E-state index contributed by atoms with van der Waals surface area (Å²) in [5.41, 5.74) is 17.0. The molecule has 0 N–H and O–H groups in total. The van der Waals surface area contributed by atoms with Gasteiger partial charge in [-0.25, -0.2) is 0 Å². The Morgan fingerprint density at radius 1 is 0.692 bits per heavy atom. The van der Waals surface area contributed by atoms with Gasteiger partial charge < -0.3 is 14.4 Å². The molecule has 0 bridgehead atoms. The molecule has 1 radical (unpaired) electrons. The number of hydrogen-bond acceptors (Lipinski definition) is 4. The third kappa shape index (κ3) is 6.90. The summed E-state index contributed by atoms with van der Waals surface area (Å²) in [6, 6.07) is 32.2. The molecule has 0 aliphatic rings. The van der Waals surface area contributed by atoms with Gasteiger partial charge in [-0.2, -0.15) is 0 Å². The van der Waals surface area contributed by atoms with Crippen molar-refractivity contribution in [2.75, 3.05) is 0 Å². The Morgan fingerprint density at radius 3 is 2.08 bits per heavy atom. The van der Waals surface area contributed by atoms with Crippen LogP contribution in [0, 0.1) is 60.6 Å². The molecule has 3 nitrogen and oxygen atoms in total. The monoisotopic (exact) mass is 877 g/mol. The Kier molecular flexibility index (Phi) is 10.4. The summed E-state index contributed by atoms with van der Waals surface area (Å²) in [5, 5.41) is 3.48. The molecular weight excluding hydrogens is 833 g/mol. The second-order valence-electron chi connectivity index (χ2n) is 14.9. The van der Waals surface area contributed by atoms with Gasteiger partial charge in [-0.1, -0.05) is 80.6 Å². The largest absolute Gasteiger partial charge is 0.500 e. The SMILES string of the molecule is Cc1c[c-]c(-c2cc(C)c(C)cn2)cc1.Cc1cccc(C)c1-c1cc(-c2[c-]ccc3c2oc2c3ccc3sc(C)c(C)c32)ncc1C(C)(C)C.[Ir]. The van der Waals surface area contributed by atoms with Crippen LogP contribution in [-0.4, -0.2) is 9.97 Å². The van der Waals surface area contributed by atoms with Crippen LogP contribution in [0.5, 0.6) is 0 Å². The van der Waals surface area contributed by atoms with Crippen molar-refractivity contribution in [2.45, 2.75) is 74.7 Å². The Morgan fingerprint density at radius 2 is 1.40 bits per heavy atom. The van der Waals surface area contributed by atoms with Crippen molar-refractivity contribution in [3.8, 4) is 33.6 Å². The molecule has 0 aliphatic heterocycles. The van der Waals surface area contributed by atoms with Gasteiger partial charge in [0.15, 0.2) is 0 Å². The van der Waals surface area contributed by atoms with E-state index >= 15 is 0 Å². The van der Waals surface area contributed by atoms with Crippen LogP contribution in [0.15, 0.2) is 89.6 Å². The van der Waals surface area contributed by atoms with Gasteiger partial charge in [0.25, 0.3) is 0 Å². The molecule has 0 unspecified atom stereocenters. The minimum atomic E-state index is -0.0371. The summed E-state index contributed by atoms with van der Waals surface area (Å²) in [5.74, 6) is 0. The molecule has 8 rings (SSSR count). The third-order valence-electron chi connectivity index (χ3n) is 10.1. The van der Waals surface area contributed by atoms with E-state index in [-0.39, 0.29) is 25.5 Å². The minimum absolute atomic E-state index is 0. The molecule has 0 amide bonds. The van der Waals surface area contributed by atoms with Crippen molar-refractivity contribution in [1.29, 1.82) is 0 Å². The van der Waals surface area contributed by atoms with E-state index in [1.807, 2.05) is 29.7 Å². The van der Waals surface area contributed by atoms with Crippen molar-refractivity contribution in [3.05, 3.63) is 141 Å². The number of pyridine rings is 2. The van der Waals surface area contributed by atoms with Crippen molar-refractivity contribution in [2.24, 2.45) is 0 Å². The van der Waals surface area contributed by atoms with E-state index in [1.165, 1.54) is 65.0 Å². The van der Waals surface area contributed by atoms with Crippen molar-refractivity contribution in [3.63, 3.8) is 0 Å². The van der Waals surface area contributed by atoms with Crippen LogP contribution in [0.3, 0.4) is 0 Å². The van der Waals surface area contributed by atoms with Crippen molar-refractivity contribution in [1.82, 2.24) is 9.97 Å². The van der Waals surface area contributed by atoms with Crippen LogP contribution in [0.4, 0.5) is 0 Å². The standard InChI is InChI=1S/C33H30NOS.C14H14N.Ir/c1-18-10-8-11-19(2)29(18)25-16-27(34-17-26(25)33(5,6)7)24-13-9-12-22-23-14-15-28-30(20(3)21(4)36-28)32(23)35-31(22)24;1-10-4-6-13(7-5-10)14-8-11(2)12(3)9-15-14;/h8-12,14-17H,1-7H3;4-6,8-9H,1-3H3;/q2*-1;. The average Bonchev–Trinajstić information content (AvgIpc) is 3.62. The van der Waals surface area contributed by atoms with Crippen LogP contribution in [0.1, 0.15) is 64.6 Å². The van der Waals surface area contributed by atoms with Gasteiger partial charge in [0.05, 0.1) is 5.58 Å². The molecule has 0 atom stereocenters. The van der Waals surface area contributed by atoms with Crippen molar-refractivity contribution >= 4 is 43.4 Å². The van der Waals surface area contributed by atoms with Gasteiger partial charge in [-0.3, -0.25) is 0 Å². The molecule has 4 aromatic heterocycles. The molecule has 0 saturated heterocycles. The zero-order valence-corrected chi connectivity index (χ0v) is 34.8. The molecule has 4 aromatic carbocycles. The van der Waals surface area contributed by atoms with Gasteiger partial charge in [0.2, 0.25) is 0 Å². The Labute approximate surface area is 325 Å². The first-order valence-corrected chi connectivity index (χ1v) is 18.4. The van der Waals surface area contributed by atoms with Crippen LogP contribution in [0.25, 0.3) is 65.7 Å². The molecule has 0 spiro atoms. The predicted octanol–water partition coefficient (Wildman–Crippen LogP) is 13.3. The Hall–Kier alpha value is -4.41. The quantitative estimate of drug-likeness (QED) is 0.166. The molecule has 4 heterocycles. The normalized spacial score (nSPS) is 11.5. The van der Waals surface area contributed by atoms with E-state index in [0.717, 1.165) is 44.5 Å². The summed E-state index contributed by atoms with van der Waals surface area (Å²) < 4.78 is 7.94. The fourth-order valence-corrected chi connectivity index (χ4v) is 7.97. The number of rotatable bonds is 3. The summed E-state index contributed by atoms with van der Waals surface area (Å²) in [6.07, 6.45) is 3.97. The second kappa shape index (κ2) is 14.5. The first-order chi connectivity index (χ1) is 24.3. The van der Waals surface area contributed by atoms with Gasteiger partial charge in [0.1, 0.15) is 5.58 Å².